The van der Waals surface area contributed by atoms with Gasteiger partial charge in [-0.2, -0.15) is 0 Å². The first kappa shape index (κ1) is 18.5. The van der Waals surface area contributed by atoms with Gasteiger partial charge in [0.15, 0.2) is 5.65 Å². The largest absolute Gasteiger partial charge is 0.352 e. The molecule has 0 radical (unpaired) electrons. The molecule has 0 unspecified atom stereocenters. The number of aromatic nitrogens is 4. The second-order valence-electron chi connectivity index (χ2n) is 6.73. The highest BCUT2D eigenvalue weighted by molar-refractivity contribution is 5.91. The molecule has 1 amide bonds. The van der Waals surface area contributed by atoms with E-state index in [1.807, 2.05) is 37.3 Å². The smallest absolute Gasteiger partial charge is 0.324 e. The van der Waals surface area contributed by atoms with Crippen molar-refractivity contribution in [2.75, 3.05) is 5.32 Å². The summed E-state index contributed by atoms with van der Waals surface area (Å²) < 4.78 is 15.9. The molecule has 0 saturated carbocycles. The van der Waals surface area contributed by atoms with Crippen LogP contribution in [0.2, 0.25) is 0 Å². The molecule has 0 bridgehead atoms. The van der Waals surface area contributed by atoms with E-state index in [4.69, 9.17) is 0 Å². The van der Waals surface area contributed by atoms with E-state index in [2.05, 4.69) is 15.4 Å². The Balaban J connectivity index is 1.70. The molecule has 29 heavy (non-hydrogen) atoms. The van der Waals surface area contributed by atoms with E-state index in [0.29, 0.717) is 28.4 Å². The maximum Gasteiger partial charge on any atom is 0.352 e. The van der Waals surface area contributed by atoms with Crippen LogP contribution in [0.5, 0.6) is 0 Å². The lowest BCUT2D eigenvalue weighted by molar-refractivity contribution is -0.117. The second kappa shape index (κ2) is 7.31. The molecule has 8 heteroatoms. The molecular formula is C21H18FN5O2. The predicted molar refractivity (Wildman–Crippen MR) is 107 cm³/mol. The van der Waals surface area contributed by atoms with Gasteiger partial charge in [0.1, 0.15) is 18.2 Å². The average molecular weight is 391 g/mol. The van der Waals surface area contributed by atoms with Crippen LogP contribution in [0.1, 0.15) is 11.3 Å². The molecule has 0 saturated heterocycles. The summed E-state index contributed by atoms with van der Waals surface area (Å²) in [4.78, 5) is 29.8. The van der Waals surface area contributed by atoms with Crippen molar-refractivity contribution in [1.29, 1.82) is 0 Å². The standard InChI is InChI=1S/C21H18FN5O2/c1-13-8-9-16(22)11-17(13)24-19(28)12-26-21(29)27-18(25-26)10-14(2)23-20(27)15-6-4-3-5-7-15/h3-11H,12H2,1-2H3,(H,24,28). The van der Waals surface area contributed by atoms with Crippen LogP contribution in [-0.2, 0) is 11.3 Å². The summed E-state index contributed by atoms with van der Waals surface area (Å²) in [6.45, 7) is 3.27. The van der Waals surface area contributed by atoms with Gasteiger partial charge in [0.25, 0.3) is 0 Å². The highest BCUT2D eigenvalue weighted by Crippen LogP contribution is 2.18. The molecule has 4 aromatic rings. The number of hydrogen-bond donors (Lipinski definition) is 1. The molecular weight excluding hydrogens is 373 g/mol. The third-order valence-electron chi connectivity index (χ3n) is 4.50. The van der Waals surface area contributed by atoms with E-state index >= 15 is 0 Å². The lowest BCUT2D eigenvalue weighted by Gasteiger charge is -2.08. The Labute approximate surface area is 165 Å². The average Bonchev–Trinajstić information content (AvgIpc) is 2.99. The van der Waals surface area contributed by atoms with Crippen LogP contribution in [0.25, 0.3) is 17.0 Å². The third-order valence-corrected chi connectivity index (χ3v) is 4.50. The van der Waals surface area contributed by atoms with Crippen LogP contribution in [0.15, 0.2) is 59.4 Å². The van der Waals surface area contributed by atoms with Crippen LogP contribution < -0.4 is 11.0 Å². The van der Waals surface area contributed by atoms with E-state index < -0.39 is 17.4 Å². The number of nitrogens with zero attached hydrogens (tertiary/aromatic N) is 4. The van der Waals surface area contributed by atoms with Gasteiger partial charge < -0.3 is 5.32 Å². The zero-order valence-electron chi connectivity index (χ0n) is 15.9. The van der Waals surface area contributed by atoms with Gasteiger partial charge in [-0.3, -0.25) is 4.79 Å². The second-order valence-corrected chi connectivity index (χ2v) is 6.73. The van der Waals surface area contributed by atoms with Crippen LogP contribution in [-0.4, -0.2) is 25.1 Å². The Morgan fingerprint density at radius 3 is 2.62 bits per heavy atom. The van der Waals surface area contributed by atoms with Gasteiger partial charge in [-0.05, 0) is 31.5 Å². The molecule has 0 atom stereocenters. The Morgan fingerprint density at radius 2 is 1.86 bits per heavy atom. The van der Waals surface area contributed by atoms with Gasteiger partial charge >= 0.3 is 5.69 Å². The fourth-order valence-corrected chi connectivity index (χ4v) is 3.09. The normalized spacial score (nSPS) is 11.0. The minimum atomic E-state index is -0.477. The summed E-state index contributed by atoms with van der Waals surface area (Å²) in [6.07, 6.45) is 0. The summed E-state index contributed by atoms with van der Waals surface area (Å²) >= 11 is 0. The van der Waals surface area contributed by atoms with Gasteiger partial charge in [-0.25, -0.2) is 23.3 Å². The molecule has 0 spiro atoms. The third kappa shape index (κ3) is 3.64. The summed E-state index contributed by atoms with van der Waals surface area (Å²) in [5.74, 6) is -0.474. The first-order valence-electron chi connectivity index (χ1n) is 9.01. The van der Waals surface area contributed by atoms with Crippen molar-refractivity contribution in [3.8, 4) is 11.4 Å². The van der Waals surface area contributed by atoms with Crippen molar-refractivity contribution in [1.82, 2.24) is 19.2 Å². The quantitative estimate of drug-likeness (QED) is 0.580. The van der Waals surface area contributed by atoms with Gasteiger partial charge in [0.05, 0.1) is 0 Å². The number of hydrogen-bond acceptors (Lipinski definition) is 4. The van der Waals surface area contributed by atoms with Gasteiger partial charge in [-0.15, -0.1) is 5.10 Å². The number of anilines is 1. The number of nitrogens with one attached hydrogen (secondary N) is 1. The summed E-state index contributed by atoms with van der Waals surface area (Å²) in [6, 6.07) is 15.1. The van der Waals surface area contributed by atoms with Crippen LogP contribution >= 0.6 is 0 Å². The van der Waals surface area contributed by atoms with Crippen LogP contribution in [0.3, 0.4) is 0 Å². The summed E-state index contributed by atoms with van der Waals surface area (Å²) in [5, 5.41) is 6.90. The Hall–Kier alpha value is -3.81. The molecule has 4 rings (SSSR count). The van der Waals surface area contributed by atoms with Gasteiger partial charge in [0.2, 0.25) is 5.91 Å². The lowest BCUT2D eigenvalue weighted by Crippen LogP contribution is -2.29. The lowest BCUT2D eigenvalue weighted by atomic mass is 10.2. The molecule has 0 aliphatic carbocycles. The number of fused-ring (bicyclic) bond motifs is 1. The van der Waals surface area contributed by atoms with Gasteiger partial charge in [-0.1, -0.05) is 36.4 Å². The topological polar surface area (TPSA) is 81.3 Å². The molecule has 2 aromatic carbocycles. The molecule has 1 N–H and O–H groups in total. The van der Waals surface area contributed by atoms with Crippen molar-refractivity contribution in [3.63, 3.8) is 0 Å². The molecule has 2 heterocycles. The maximum atomic E-state index is 13.4. The Morgan fingerprint density at radius 1 is 1.10 bits per heavy atom. The van der Waals surface area contributed by atoms with Crippen molar-refractivity contribution >= 4 is 17.2 Å². The molecule has 0 fully saturated rings. The van der Waals surface area contributed by atoms with Crippen molar-refractivity contribution in [2.45, 2.75) is 20.4 Å². The number of halogens is 1. The number of carbonyl (C=O) groups excluding carboxylic acids is 1. The zero-order chi connectivity index (χ0) is 20.5. The molecule has 0 aliphatic rings. The number of aryl methyl sites for hydroxylation is 2. The predicted octanol–water partition coefficient (Wildman–Crippen LogP) is 2.95. The Kier molecular flexibility index (Phi) is 4.67. The summed E-state index contributed by atoms with van der Waals surface area (Å²) in [5.41, 5.74) is 2.46. The maximum absolute atomic E-state index is 13.4. The molecule has 0 aliphatic heterocycles. The highest BCUT2D eigenvalue weighted by Gasteiger charge is 2.16. The minimum Gasteiger partial charge on any atom is -0.324 e. The molecule has 7 nitrogen and oxygen atoms in total. The fraction of sp³-hybridized carbons (Fsp3) is 0.143. The number of benzene rings is 2. The van der Waals surface area contributed by atoms with Gasteiger partial charge in [0, 0.05) is 23.0 Å². The molecule has 146 valence electrons. The van der Waals surface area contributed by atoms with E-state index in [9.17, 15) is 14.0 Å². The minimum absolute atomic E-state index is 0.302. The summed E-state index contributed by atoms with van der Waals surface area (Å²) in [7, 11) is 0. The monoisotopic (exact) mass is 391 g/mol. The molecule has 2 aromatic heterocycles. The van der Waals surface area contributed by atoms with Crippen molar-refractivity contribution < 1.29 is 9.18 Å². The zero-order valence-corrected chi connectivity index (χ0v) is 15.9. The van der Waals surface area contributed by atoms with E-state index in [0.717, 1.165) is 10.2 Å². The number of rotatable bonds is 4. The van der Waals surface area contributed by atoms with Crippen LogP contribution in [0, 0.1) is 19.7 Å². The fourth-order valence-electron chi connectivity index (χ4n) is 3.09. The van der Waals surface area contributed by atoms with Crippen LogP contribution in [0.4, 0.5) is 10.1 Å². The van der Waals surface area contributed by atoms with Crippen molar-refractivity contribution in [3.05, 3.63) is 82.2 Å². The first-order valence-corrected chi connectivity index (χ1v) is 9.01. The van der Waals surface area contributed by atoms with E-state index in [-0.39, 0.29) is 6.54 Å². The number of amides is 1. The highest BCUT2D eigenvalue weighted by atomic mass is 19.1. The van der Waals surface area contributed by atoms with E-state index in [1.165, 1.54) is 16.5 Å². The van der Waals surface area contributed by atoms with E-state index in [1.54, 1.807) is 19.1 Å². The SMILES string of the molecule is Cc1cc2nn(CC(=O)Nc3cc(F)ccc3C)c(=O)n2c(-c2ccccc2)n1. The Bertz CT molecular complexity index is 1280. The number of carbonyl (C=O) groups is 1. The first-order chi connectivity index (χ1) is 13.9. The van der Waals surface area contributed by atoms with Crippen molar-refractivity contribution in [2.24, 2.45) is 0 Å².